The molecule has 0 saturated carbocycles. The van der Waals surface area contributed by atoms with Gasteiger partial charge in [0.1, 0.15) is 0 Å². The fourth-order valence-electron chi connectivity index (χ4n) is 2.90. The van der Waals surface area contributed by atoms with E-state index in [1.54, 1.807) is 18.3 Å². The summed E-state index contributed by atoms with van der Waals surface area (Å²) in [5.41, 5.74) is 2.22. The van der Waals surface area contributed by atoms with Crippen LogP contribution in [0, 0.1) is 6.92 Å². The van der Waals surface area contributed by atoms with Crippen molar-refractivity contribution in [3.8, 4) is 0 Å². The molecule has 0 saturated heterocycles. The smallest absolute Gasteiger partial charge is 0.264 e. The molecular weight excluding hydrogens is 306 g/mol. The summed E-state index contributed by atoms with van der Waals surface area (Å²) in [7, 11) is -3.50. The predicted octanol–water partition coefficient (Wildman–Crippen LogP) is 3.90. The minimum atomic E-state index is -3.50. The molecule has 0 bridgehead atoms. The number of benzene rings is 2. The predicted molar refractivity (Wildman–Crippen MR) is 92.5 cm³/mol. The Kier molecular flexibility index (Phi) is 4.53. The molecule has 2 aromatic rings. The van der Waals surface area contributed by atoms with Gasteiger partial charge in [-0.3, -0.25) is 4.31 Å². The molecule has 3 nitrogen and oxygen atoms in total. The van der Waals surface area contributed by atoms with Gasteiger partial charge in [-0.05, 0) is 43.9 Å². The minimum absolute atomic E-state index is 0.0336. The highest BCUT2D eigenvalue weighted by Crippen LogP contribution is 2.26. The van der Waals surface area contributed by atoms with Gasteiger partial charge >= 0.3 is 0 Å². The lowest BCUT2D eigenvalue weighted by atomic mass is 10.0. The Labute approximate surface area is 138 Å². The third kappa shape index (κ3) is 3.48. The average molecular weight is 327 g/mol. The molecule has 0 N–H and O–H groups in total. The van der Waals surface area contributed by atoms with E-state index in [4.69, 9.17) is 0 Å². The van der Waals surface area contributed by atoms with Gasteiger partial charge in [-0.15, -0.1) is 0 Å². The molecular formula is C19H21NO2S. The molecule has 4 heteroatoms. The monoisotopic (exact) mass is 327 g/mol. The van der Waals surface area contributed by atoms with Gasteiger partial charge in [-0.25, -0.2) is 8.42 Å². The Hall–Kier alpha value is -2.07. The van der Waals surface area contributed by atoms with Crippen LogP contribution in [0.25, 0.3) is 0 Å². The van der Waals surface area contributed by atoms with Crippen molar-refractivity contribution in [1.82, 2.24) is 4.31 Å². The molecule has 0 aliphatic carbocycles. The standard InChI is InChI=1S/C19H21NO2S/c1-16-10-12-19(13-11-16)23(21,22)20-14-6-5-9-18(20)15-17-7-3-2-4-8-17/h2-4,6-8,10-14,18H,5,9,15H2,1H3/t18-/m1/s1. The van der Waals surface area contributed by atoms with Gasteiger partial charge in [0.15, 0.2) is 0 Å². The van der Waals surface area contributed by atoms with Crippen molar-refractivity contribution in [1.29, 1.82) is 0 Å². The second-order valence-corrected chi connectivity index (χ2v) is 7.80. The first kappa shape index (κ1) is 15.8. The van der Waals surface area contributed by atoms with E-state index >= 15 is 0 Å². The molecule has 0 aromatic heterocycles. The molecule has 0 spiro atoms. The second-order valence-electron chi connectivity index (χ2n) is 5.95. The molecule has 0 amide bonds. The molecule has 0 unspecified atom stereocenters. The highest BCUT2D eigenvalue weighted by Gasteiger charge is 2.30. The quantitative estimate of drug-likeness (QED) is 0.854. The summed E-state index contributed by atoms with van der Waals surface area (Å²) < 4.78 is 27.5. The molecule has 1 aliphatic rings. The Morgan fingerprint density at radius 3 is 2.43 bits per heavy atom. The summed E-state index contributed by atoms with van der Waals surface area (Å²) in [6.07, 6.45) is 6.16. The van der Waals surface area contributed by atoms with Crippen LogP contribution in [0.2, 0.25) is 0 Å². The zero-order chi connectivity index (χ0) is 16.3. The van der Waals surface area contributed by atoms with Crippen molar-refractivity contribution >= 4 is 10.0 Å². The molecule has 23 heavy (non-hydrogen) atoms. The summed E-state index contributed by atoms with van der Waals surface area (Å²) in [4.78, 5) is 0.354. The maximum absolute atomic E-state index is 13.0. The van der Waals surface area contributed by atoms with Crippen molar-refractivity contribution in [2.24, 2.45) is 0 Å². The van der Waals surface area contributed by atoms with Crippen LogP contribution in [0.4, 0.5) is 0 Å². The van der Waals surface area contributed by atoms with Gasteiger partial charge in [0.25, 0.3) is 10.0 Å². The number of hydrogen-bond acceptors (Lipinski definition) is 2. The number of rotatable bonds is 4. The van der Waals surface area contributed by atoms with Crippen LogP contribution in [0.15, 0.2) is 71.8 Å². The fourth-order valence-corrected chi connectivity index (χ4v) is 4.44. The highest BCUT2D eigenvalue weighted by molar-refractivity contribution is 7.89. The van der Waals surface area contributed by atoms with Gasteiger partial charge < -0.3 is 0 Å². The Balaban J connectivity index is 1.90. The van der Waals surface area contributed by atoms with Gasteiger partial charge in [0, 0.05) is 12.2 Å². The second kappa shape index (κ2) is 6.59. The van der Waals surface area contributed by atoms with Crippen molar-refractivity contribution < 1.29 is 8.42 Å². The number of aryl methyl sites for hydroxylation is 1. The Morgan fingerprint density at radius 1 is 1.04 bits per heavy atom. The molecule has 0 radical (unpaired) electrons. The maximum Gasteiger partial charge on any atom is 0.264 e. The van der Waals surface area contributed by atoms with Crippen molar-refractivity contribution in [2.75, 3.05) is 0 Å². The lowest BCUT2D eigenvalue weighted by Crippen LogP contribution is -2.39. The number of allylic oxidation sites excluding steroid dienone is 1. The van der Waals surface area contributed by atoms with Crippen LogP contribution in [-0.4, -0.2) is 18.8 Å². The molecule has 1 atom stereocenters. The van der Waals surface area contributed by atoms with Gasteiger partial charge in [-0.2, -0.15) is 0 Å². The molecule has 120 valence electrons. The van der Waals surface area contributed by atoms with E-state index in [0.717, 1.165) is 30.4 Å². The van der Waals surface area contributed by atoms with Crippen LogP contribution in [0.5, 0.6) is 0 Å². The zero-order valence-electron chi connectivity index (χ0n) is 13.2. The van der Waals surface area contributed by atoms with Crippen molar-refractivity contribution in [3.05, 3.63) is 78.0 Å². The highest BCUT2D eigenvalue weighted by atomic mass is 32.2. The fraction of sp³-hybridized carbons (Fsp3) is 0.263. The average Bonchev–Trinajstić information content (AvgIpc) is 2.56. The molecule has 2 aromatic carbocycles. The van der Waals surface area contributed by atoms with Crippen molar-refractivity contribution in [2.45, 2.75) is 37.1 Å². The maximum atomic E-state index is 13.0. The summed E-state index contributed by atoms with van der Waals surface area (Å²) in [5, 5.41) is 0. The van der Waals surface area contributed by atoms with Gasteiger partial charge in [-0.1, -0.05) is 54.1 Å². The van der Waals surface area contributed by atoms with Crippen LogP contribution in [0.1, 0.15) is 24.0 Å². The van der Waals surface area contributed by atoms with E-state index in [9.17, 15) is 8.42 Å². The largest absolute Gasteiger partial charge is 0.270 e. The third-order valence-corrected chi connectivity index (χ3v) is 6.03. The molecule has 3 rings (SSSR count). The topological polar surface area (TPSA) is 37.4 Å². The van der Waals surface area contributed by atoms with E-state index in [1.807, 2.05) is 43.3 Å². The van der Waals surface area contributed by atoms with E-state index < -0.39 is 10.0 Å². The van der Waals surface area contributed by atoms with Gasteiger partial charge in [0.2, 0.25) is 0 Å². The summed E-state index contributed by atoms with van der Waals surface area (Å²) >= 11 is 0. The van der Waals surface area contributed by atoms with E-state index in [2.05, 4.69) is 12.1 Å². The normalized spacial score (nSPS) is 18.1. The number of hydrogen-bond donors (Lipinski definition) is 0. The lowest BCUT2D eigenvalue weighted by molar-refractivity contribution is 0.360. The molecule has 1 heterocycles. The summed E-state index contributed by atoms with van der Waals surface area (Å²) in [6, 6.07) is 17.1. The summed E-state index contributed by atoms with van der Waals surface area (Å²) in [5.74, 6) is 0. The molecule has 0 fully saturated rings. The first-order valence-corrected chi connectivity index (χ1v) is 9.32. The number of sulfonamides is 1. The van der Waals surface area contributed by atoms with E-state index in [1.165, 1.54) is 4.31 Å². The Bertz CT molecular complexity index is 780. The van der Waals surface area contributed by atoms with Crippen LogP contribution < -0.4 is 0 Å². The number of nitrogens with zero attached hydrogens (tertiary/aromatic N) is 1. The molecule has 1 aliphatic heterocycles. The van der Waals surface area contributed by atoms with Crippen LogP contribution >= 0.6 is 0 Å². The van der Waals surface area contributed by atoms with E-state index in [0.29, 0.717) is 4.90 Å². The van der Waals surface area contributed by atoms with E-state index in [-0.39, 0.29) is 6.04 Å². The van der Waals surface area contributed by atoms with Crippen LogP contribution in [0.3, 0.4) is 0 Å². The minimum Gasteiger partial charge on any atom is -0.270 e. The summed E-state index contributed by atoms with van der Waals surface area (Å²) in [6.45, 7) is 1.95. The third-order valence-electron chi connectivity index (χ3n) is 4.19. The SMILES string of the molecule is Cc1ccc(S(=O)(=O)N2C=CCC[C@@H]2Cc2ccccc2)cc1. The first-order valence-electron chi connectivity index (χ1n) is 7.88. The first-order chi connectivity index (χ1) is 11.1. The van der Waals surface area contributed by atoms with Gasteiger partial charge in [0.05, 0.1) is 4.90 Å². The zero-order valence-corrected chi connectivity index (χ0v) is 14.0. The van der Waals surface area contributed by atoms with Crippen molar-refractivity contribution in [3.63, 3.8) is 0 Å². The van der Waals surface area contributed by atoms with Crippen LogP contribution in [-0.2, 0) is 16.4 Å². The lowest BCUT2D eigenvalue weighted by Gasteiger charge is -2.32. The Morgan fingerprint density at radius 2 is 1.74 bits per heavy atom.